The van der Waals surface area contributed by atoms with E-state index in [0.717, 1.165) is 18.7 Å². The van der Waals surface area contributed by atoms with Gasteiger partial charge in [-0.3, -0.25) is 4.79 Å². The highest BCUT2D eigenvalue weighted by Gasteiger charge is 2.12. The number of anilines is 1. The molecule has 0 fully saturated rings. The van der Waals surface area contributed by atoms with E-state index in [2.05, 4.69) is 10.2 Å². The predicted molar refractivity (Wildman–Crippen MR) is 99.1 cm³/mol. The number of para-hydroxylation sites is 1. The van der Waals surface area contributed by atoms with Crippen molar-refractivity contribution in [2.45, 2.75) is 6.42 Å². The molecule has 2 rings (SSSR count). The van der Waals surface area contributed by atoms with E-state index in [1.54, 1.807) is 24.3 Å². The first-order valence-corrected chi connectivity index (χ1v) is 8.40. The van der Waals surface area contributed by atoms with Gasteiger partial charge >= 0.3 is 5.97 Å². The normalized spacial score (nSPS) is 10.2. The molecule has 132 valence electrons. The summed E-state index contributed by atoms with van der Waals surface area (Å²) < 4.78 is 4.97. The molecule has 1 amide bonds. The van der Waals surface area contributed by atoms with Crippen LogP contribution in [0.4, 0.5) is 5.69 Å². The Hall–Kier alpha value is -2.53. The Bertz CT molecular complexity index is 707. The molecule has 0 aliphatic heterocycles. The van der Waals surface area contributed by atoms with E-state index in [1.807, 2.05) is 37.4 Å². The number of amides is 1. The van der Waals surface area contributed by atoms with Crippen LogP contribution in [0.15, 0.2) is 54.6 Å². The van der Waals surface area contributed by atoms with Gasteiger partial charge in [-0.2, -0.15) is 0 Å². The number of nitrogens with one attached hydrogen (secondary N) is 1. The molecule has 0 aromatic heterocycles. The molecule has 0 atom stereocenters. The lowest BCUT2D eigenvalue weighted by molar-refractivity contribution is -0.124. The lowest BCUT2D eigenvalue weighted by atomic mass is 10.2. The van der Waals surface area contributed by atoms with Gasteiger partial charge in [0.1, 0.15) is 0 Å². The van der Waals surface area contributed by atoms with Gasteiger partial charge in [0.2, 0.25) is 0 Å². The first-order chi connectivity index (χ1) is 12.1. The Morgan fingerprint density at radius 1 is 1.08 bits per heavy atom. The molecule has 1 N–H and O–H groups in total. The number of hydrogen-bond acceptors (Lipinski definition) is 4. The van der Waals surface area contributed by atoms with Crippen LogP contribution in [0.1, 0.15) is 16.8 Å². The maximum atomic E-state index is 11.9. The SMILES string of the molecule is CN(CCCNC(=O)COC(=O)c1ccccc1Cl)c1ccccc1. The smallest absolute Gasteiger partial charge is 0.340 e. The Morgan fingerprint density at radius 3 is 2.48 bits per heavy atom. The van der Waals surface area contributed by atoms with E-state index in [9.17, 15) is 9.59 Å². The van der Waals surface area contributed by atoms with Gasteiger partial charge in [0.05, 0.1) is 10.6 Å². The van der Waals surface area contributed by atoms with Crippen molar-refractivity contribution >= 4 is 29.2 Å². The standard InChI is InChI=1S/C19H21ClN2O3/c1-22(15-8-3-2-4-9-15)13-7-12-21-18(23)14-25-19(24)16-10-5-6-11-17(16)20/h2-6,8-11H,7,12-14H2,1H3,(H,21,23). The summed E-state index contributed by atoms with van der Waals surface area (Å²) in [7, 11) is 2.00. The molecule has 0 radical (unpaired) electrons. The topological polar surface area (TPSA) is 58.6 Å². The quantitative estimate of drug-likeness (QED) is 0.580. The maximum absolute atomic E-state index is 11.9. The second-order valence-electron chi connectivity index (χ2n) is 5.52. The van der Waals surface area contributed by atoms with Crippen LogP contribution < -0.4 is 10.2 Å². The molecule has 0 aliphatic rings. The Balaban J connectivity index is 1.64. The van der Waals surface area contributed by atoms with E-state index in [4.69, 9.17) is 16.3 Å². The number of carbonyl (C=O) groups excluding carboxylic acids is 2. The molecule has 0 heterocycles. The summed E-state index contributed by atoms with van der Waals surface area (Å²) in [4.78, 5) is 25.7. The van der Waals surface area contributed by atoms with Crippen LogP contribution in [0.2, 0.25) is 5.02 Å². The molecule has 0 aliphatic carbocycles. The van der Waals surface area contributed by atoms with Crippen LogP contribution in [0.5, 0.6) is 0 Å². The van der Waals surface area contributed by atoms with Crippen molar-refractivity contribution in [2.75, 3.05) is 31.6 Å². The van der Waals surface area contributed by atoms with Gasteiger partial charge in [-0.05, 0) is 30.7 Å². The van der Waals surface area contributed by atoms with Gasteiger partial charge in [0.25, 0.3) is 5.91 Å². The second kappa shape index (κ2) is 9.69. The zero-order chi connectivity index (χ0) is 18.1. The van der Waals surface area contributed by atoms with Crippen molar-refractivity contribution in [3.8, 4) is 0 Å². The molecule has 5 nitrogen and oxygen atoms in total. The minimum absolute atomic E-state index is 0.251. The summed E-state index contributed by atoms with van der Waals surface area (Å²) in [6.07, 6.45) is 0.787. The number of carbonyl (C=O) groups is 2. The zero-order valence-electron chi connectivity index (χ0n) is 14.1. The fourth-order valence-corrected chi connectivity index (χ4v) is 2.46. The van der Waals surface area contributed by atoms with Gasteiger partial charge in [-0.15, -0.1) is 0 Å². The largest absolute Gasteiger partial charge is 0.452 e. The van der Waals surface area contributed by atoms with Gasteiger partial charge < -0.3 is 15.0 Å². The number of benzene rings is 2. The number of ether oxygens (including phenoxy) is 1. The number of halogens is 1. The highest BCUT2D eigenvalue weighted by Crippen LogP contribution is 2.15. The van der Waals surface area contributed by atoms with Crippen LogP contribution >= 0.6 is 11.6 Å². The zero-order valence-corrected chi connectivity index (χ0v) is 14.8. The number of rotatable bonds is 8. The van der Waals surface area contributed by atoms with Gasteiger partial charge in [0.15, 0.2) is 6.61 Å². The van der Waals surface area contributed by atoms with Crippen LogP contribution in [-0.4, -0.2) is 38.6 Å². The van der Waals surface area contributed by atoms with Crippen molar-refractivity contribution in [3.63, 3.8) is 0 Å². The molecule has 0 bridgehead atoms. The maximum Gasteiger partial charge on any atom is 0.340 e. The first-order valence-electron chi connectivity index (χ1n) is 8.02. The molecule has 0 saturated carbocycles. The number of esters is 1. The monoisotopic (exact) mass is 360 g/mol. The van der Waals surface area contributed by atoms with Crippen molar-refractivity contribution in [1.29, 1.82) is 0 Å². The predicted octanol–water partition coefficient (Wildman–Crippen LogP) is 3.14. The molecule has 0 spiro atoms. The fourth-order valence-electron chi connectivity index (χ4n) is 2.24. The van der Waals surface area contributed by atoms with Crippen LogP contribution in [0.25, 0.3) is 0 Å². The fraction of sp³-hybridized carbons (Fsp3) is 0.263. The summed E-state index contributed by atoms with van der Waals surface area (Å²) in [5.41, 5.74) is 1.38. The third-order valence-corrected chi connectivity index (χ3v) is 3.95. The summed E-state index contributed by atoms with van der Waals surface area (Å²) in [5.74, 6) is -0.938. The van der Waals surface area contributed by atoms with E-state index in [-0.39, 0.29) is 18.1 Å². The van der Waals surface area contributed by atoms with Gasteiger partial charge in [-0.1, -0.05) is 41.9 Å². The number of nitrogens with zero attached hydrogens (tertiary/aromatic N) is 1. The molecule has 2 aromatic rings. The number of hydrogen-bond donors (Lipinski definition) is 1. The van der Waals surface area contributed by atoms with E-state index in [1.165, 1.54) is 0 Å². The van der Waals surface area contributed by atoms with E-state index in [0.29, 0.717) is 11.6 Å². The Labute approximate surface area is 152 Å². The van der Waals surface area contributed by atoms with Gasteiger partial charge in [0, 0.05) is 25.8 Å². The van der Waals surface area contributed by atoms with Crippen molar-refractivity contribution in [3.05, 3.63) is 65.2 Å². The minimum Gasteiger partial charge on any atom is -0.452 e. The molecule has 0 unspecified atom stereocenters. The van der Waals surface area contributed by atoms with E-state index >= 15 is 0 Å². The molecule has 6 heteroatoms. The molecule has 2 aromatic carbocycles. The average Bonchev–Trinajstić information content (AvgIpc) is 2.64. The summed E-state index contributed by atoms with van der Waals surface area (Å²) in [6, 6.07) is 16.6. The minimum atomic E-state index is -0.607. The molecular formula is C19H21ClN2O3. The van der Waals surface area contributed by atoms with Crippen molar-refractivity contribution in [2.24, 2.45) is 0 Å². The average molecular weight is 361 g/mol. The lowest BCUT2D eigenvalue weighted by Crippen LogP contribution is -2.31. The highest BCUT2D eigenvalue weighted by molar-refractivity contribution is 6.33. The third kappa shape index (κ3) is 6.12. The van der Waals surface area contributed by atoms with Crippen molar-refractivity contribution < 1.29 is 14.3 Å². The molecular weight excluding hydrogens is 340 g/mol. The molecule has 0 saturated heterocycles. The summed E-state index contributed by atoms with van der Waals surface area (Å²) in [5, 5.41) is 3.04. The lowest BCUT2D eigenvalue weighted by Gasteiger charge is -2.19. The Morgan fingerprint density at radius 2 is 1.76 bits per heavy atom. The Kier molecular flexibility index (Phi) is 7.29. The van der Waals surface area contributed by atoms with Crippen molar-refractivity contribution in [1.82, 2.24) is 5.32 Å². The van der Waals surface area contributed by atoms with Gasteiger partial charge in [-0.25, -0.2) is 4.79 Å². The first kappa shape index (κ1) is 18.8. The summed E-state index contributed by atoms with van der Waals surface area (Å²) in [6.45, 7) is 1.00. The highest BCUT2D eigenvalue weighted by atomic mass is 35.5. The van der Waals surface area contributed by atoms with Crippen LogP contribution in [0.3, 0.4) is 0 Å². The van der Waals surface area contributed by atoms with E-state index < -0.39 is 5.97 Å². The van der Waals surface area contributed by atoms with Crippen LogP contribution in [-0.2, 0) is 9.53 Å². The third-order valence-electron chi connectivity index (χ3n) is 3.62. The summed E-state index contributed by atoms with van der Waals surface area (Å²) >= 11 is 5.91. The van der Waals surface area contributed by atoms with Crippen LogP contribution in [0, 0.1) is 0 Å². The molecule has 25 heavy (non-hydrogen) atoms. The second-order valence-corrected chi connectivity index (χ2v) is 5.92.